The molecule has 76 valence electrons. The van der Waals surface area contributed by atoms with Gasteiger partial charge in [0, 0.05) is 6.54 Å². The molecule has 0 saturated carbocycles. The van der Waals surface area contributed by atoms with Crippen molar-refractivity contribution in [3.63, 3.8) is 0 Å². The summed E-state index contributed by atoms with van der Waals surface area (Å²) in [6, 6.07) is 8.63. The topological polar surface area (TPSA) is 69.6 Å². The molecule has 4 heteroatoms. The zero-order valence-electron chi connectivity index (χ0n) is 7.73. The Hall–Kier alpha value is -1.55. The minimum atomic E-state index is -1.83. The summed E-state index contributed by atoms with van der Waals surface area (Å²) < 4.78 is 0. The Labute approximate surface area is 82.2 Å². The van der Waals surface area contributed by atoms with Crippen molar-refractivity contribution >= 4 is 6.16 Å². The van der Waals surface area contributed by atoms with Crippen LogP contribution in [-0.2, 0) is 13.0 Å². The van der Waals surface area contributed by atoms with E-state index in [4.69, 9.17) is 15.0 Å². The van der Waals surface area contributed by atoms with Crippen molar-refractivity contribution in [2.75, 3.05) is 6.54 Å². The molecule has 1 aliphatic heterocycles. The maximum Gasteiger partial charge on any atom is 0.503 e. The maximum absolute atomic E-state index is 8.56. The predicted molar refractivity (Wildman–Crippen MR) is 52.5 cm³/mol. The molecule has 0 aliphatic carbocycles. The van der Waals surface area contributed by atoms with Crippen LogP contribution in [0.2, 0.25) is 0 Å². The average molecular weight is 195 g/mol. The molecule has 0 saturated heterocycles. The molecule has 14 heavy (non-hydrogen) atoms. The highest BCUT2D eigenvalue weighted by molar-refractivity contribution is 5.53. The highest BCUT2D eigenvalue weighted by Crippen LogP contribution is 2.11. The molecule has 0 spiro atoms. The van der Waals surface area contributed by atoms with E-state index >= 15 is 0 Å². The van der Waals surface area contributed by atoms with Gasteiger partial charge < -0.3 is 15.5 Å². The summed E-state index contributed by atoms with van der Waals surface area (Å²) in [5.74, 6) is 0. The summed E-state index contributed by atoms with van der Waals surface area (Å²) in [4.78, 5) is 8.56. The van der Waals surface area contributed by atoms with E-state index in [1.54, 1.807) is 0 Å². The number of benzene rings is 1. The zero-order chi connectivity index (χ0) is 10.4. The quantitative estimate of drug-likeness (QED) is 0.587. The summed E-state index contributed by atoms with van der Waals surface area (Å²) >= 11 is 0. The van der Waals surface area contributed by atoms with E-state index in [0.29, 0.717) is 0 Å². The monoisotopic (exact) mass is 195 g/mol. The molecule has 0 radical (unpaired) electrons. The SMILES string of the molecule is O=C(O)O.c1ccc2c(c1)CCNC2. The van der Waals surface area contributed by atoms with Gasteiger partial charge >= 0.3 is 6.16 Å². The van der Waals surface area contributed by atoms with Crippen molar-refractivity contribution in [2.45, 2.75) is 13.0 Å². The molecule has 4 nitrogen and oxygen atoms in total. The van der Waals surface area contributed by atoms with Gasteiger partial charge in [-0.1, -0.05) is 24.3 Å². The third kappa shape index (κ3) is 3.45. The molecular weight excluding hydrogens is 182 g/mol. The average Bonchev–Trinajstić information content (AvgIpc) is 2.17. The summed E-state index contributed by atoms with van der Waals surface area (Å²) in [5, 5.41) is 17.3. The first-order valence-corrected chi connectivity index (χ1v) is 4.39. The van der Waals surface area contributed by atoms with E-state index in [1.807, 2.05) is 0 Å². The van der Waals surface area contributed by atoms with Crippen LogP contribution < -0.4 is 5.32 Å². The Kier molecular flexibility index (Phi) is 3.94. The number of hydrogen-bond acceptors (Lipinski definition) is 2. The Bertz CT molecular complexity index is 283. The number of rotatable bonds is 0. The molecule has 1 aromatic carbocycles. The molecule has 0 unspecified atom stereocenters. The van der Waals surface area contributed by atoms with Crippen LogP contribution in [0.25, 0.3) is 0 Å². The highest BCUT2D eigenvalue weighted by atomic mass is 16.6. The van der Waals surface area contributed by atoms with Crippen molar-refractivity contribution in [1.29, 1.82) is 0 Å². The van der Waals surface area contributed by atoms with Gasteiger partial charge in [-0.25, -0.2) is 4.79 Å². The third-order valence-electron chi connectivity index (χ3n) is 2.00. The second-order valence-corrected chi connectivity index (χ2v) is 2.98. The molecule has 2 rings (SSSR count). The fourth-order valence-corrected chi connectivity index (χ4v) is 1.42. The molecule has 0 aromatic heterocycles. The van der Waals surface area contributed by atoms with E-state index in [1.165, 1.54) is 17.5 Å². The summed E-state index contributed by atoms with van der Waals surface area (Å²) in [5.41, 5.74) is 2.98. The predicted octanol–water partition coefficient (Wildman–Crippen LogP) is 1.55. The van der Waals surface area contributed by atoms with Gasteiger partial charge in [0.2, 0.25) is 0 Å². The number of nitrogens with one attached hydrogen (secondary N) is 1. The van der Waals surface area contributed by atoms with Crippen LogP contribution in [0, 0.1) is 0 Å². The second-order valence-electron chi connectivity index (χ2n) is 2.98. The molecule has 3 N–H and O–H groups in total. The first-order chi connectivity index (χ1) is 6.70. The molecule has 0 amide bonds. The van der Waals surface area contributed by atoms with Crippen LogP contribution in [0.1, 0.15) is 11.1 Å². The van der Waals surface area contributed by atoms with E-state index in [0.717, 1.165) is 13.1 Å². The summed E-state index contributed by atoms with van der Waals surface area (Å²) in [6.45, 7) is 2.19. The molecule has 1 heterocycles. The molecule has 1 aromatic rings. The van der Waals surface area contributed by atoms with Crippen molar-refractivity contribution in [1.82, 2.24) is 5.32 Å². The van der Waals surface area contributed by atoms with E-state index < -0.39 is 6.16 Å². The first-order valence-electron chi connectivity index (χ1n) is 4.39. The lowest BCUT2D eigenvalue weighted by Crippen LogP contribution is -2.23. The fourth-order valence-electron chi connectivity index (χ4n) is 1.42. The van der Waals surface area contributed by atoms with Gasteiger partial charge in [-0.15, -0.1) is 0 Å². The smallest absolute Gasteiger partial charge is 0.450 e. The largest absolute Gasteiger partial charge is 0.503 e. The lowest BCUT2D eigenvalue weighted by atomic mass is 10.0. The van der Waals surface area contributed by atoms with Gasteiger partial charge in [0.05, 0.1) is 0 Å². The Balaban J connectivity index is 0.000000213. The maximum atomic E-state index is 8.56. The summed E-state index contributed by atoms with van der Waals surface area (Å²) in [6.07, 6.45) is -0.643. The normalized spacial score (nSPS) is 13.4. The van der Waals surface area contributed by atoms with Crippen LogP contribution in [0.5, 0.6) is 0 Å². The molecule has 1 aliphatic rings. The molecule has 0 bridgehead atoms. The van der Waals surface area contributed by atoms with Gasteiger partial charge in [0.1, 0.15) is 0 Å². The van der Waals surface area contributed by atoms with Gasteiger partial charge in [-0.2, -0.15) is 0 Å². The van der Waals surface area contributed by atoms with Gasteiger partial charge in [-0.05, 0) is 24.1 Å². The Morgan fingerprint density at radius 2 is 1.79 bits per heavy atom. The standard InChI is InChI=1S/C9H11N.CH2O3/c1-2-4-9-7-10-6-5-8(9)3-1;2-1(3)4/h1-4,10H,5-7H2;(H2,2,3,4). The minimum Gasteiger partial charge on any atom is -0.450 e. The van der Waals surface area contributed by atoms with Gasteiger partial charge in [0.25, 0.3) is 0 Å². The Morgan fingerprint density at radius 1 is 1.21 bits per heavy atom. The molecule has 0 atom stereocenters. The number of carboxylic acid groups (broad SMARTS) is 2. The van der Waals surface area contributed by atoms with Gasteiger partial charge in [-0.3, -0.25) is 0 Å². The first kappa shape index (κ1) is 10.5. The highest BCUT2D eigenvalue weighted by Gasteiger charge is 2.05. The Morgan fingerprint density at radius 3 is 2.36 bits per heavy atom. The van der Waals surface area contributed by atoms with Crippen molar-refractivity contribution < 1.29 is 15.0 Å². The van der Waals surface area contributed by atoms with Crippen molar-refractivity contribution in [3.8, 4) is 0 Å². The van der Waals surface area contributed by atoms with E-state index in [-0.39, 0.29) is 0 Å². The lowest BCUT2D eigenvalue weighted by Gasteiger charge is -2.15. The molecular formula is C10H13NO3. The van der Waals surface area contributed by atoms with Crippen LogP contribution in [0.4, 0.5) is 4.79 Å². The molecule has 0 fully saturated rings. The van der Waals surface area contributed by atoms with Crippen molar-refractivity contribution in [3.05, 3.63) is 35.4 Å². The third-order valence-corrected chi connectivity index (χ3v) is 2.00. The van der Waals surface area contributed by atoms with Crippen LogP contribution in [0.3, 0.4) is 0 Å². The number of hydrogen-bond donors (Lipinski definition) is 3. The number of fused-ring (bicyclic) bond motifs is 1. The fraction of sp³-hybridized carbons (Fsp3) is 0.300. The van der Waals surface area contributed by atoms with Crippen molar-refractivity contribution in [2.24, 2.45) is 0 Å². The second kappa shape index (κ2) is 5.24. The van der Waals surface area contributed by atoms with Gasteiger partial charge in [0.15, 0.2) is 0 Å². The summed E-state index contributed by atoms with van der Waals surface area (Å²) in [7, 11) is 0. The minimum absolute atomic E-state index is 1.05. The number of carbonyl (C=O) groups is 1. The zero-order valence-corrected chi connectivity index (χ0v) is 7.73. The van der Waals surface area contributed by atoms with Crippen LogP contribution in [0.15, 0.2) is 24.3 Å². The van der Waals surface area contributed by atoms with E-state index in [9.17, 15) is 0 Å². The van der Waals surface area contributed by atoms with Crippen LogP contribution >= 0.6 is 0 Å². The lowest BCUT2D eigenvalue weighted by molar-refractivity contribution is 0.137. The van der Waals surface area contributed by atoms with E-state index in [2.05, 4.69) is 29.6 Å². The van der Waals surface area contributed by atoms with Crippen LogP contribution in [-0.4, -0.2) is 22.9 Å².